The van der Waals surface area contributed by atoms with E-state index in [1.807, 2.05) is 23.4 Å². The first-order chi connectivity index (χ1) is 11.1. The predicted octanol–water partition coefficient (Wildman–Crippen LogP) is 2.75. The molecule has 120 valence electrons. The summed E-state index contributed by atoms with van der Waals surface area (Å²) >= 11 is 1.47. The number of hydrogen-bond donors (Lipinski definition) is 0. The van der Waals surface area contributed by atoms with Gasteiger partial charge in [0.2, 0.25) is 0 Å². The summed E-state index contributed by atoms with van der Waals surface area (Å²) in [5.41, 5.74) is 4.62. The molecule has 0 N–H and O–H groups in total. The number of thiazole rings is 1. The van der Waals surface area contributed by atoms with Crippen LogP contribution in [0.4, 0.5) is 0 Å². The second kappa shape index (κ2) is 5.37. The summed E-state index contributed by atoms with van der Waals surface area (Å²) in [7, 11) is 0. The summed E-state index contributed by atoms with van der Waals surface area (Å²) in [5, 5.41) is 1.84. The van der Waals surface area contributed by atoms with Crippen LogP contribution in [0.5, 0.6) is 0 Å². The van der Waals surface area contributed by atoms with Crippen LogP contribution < -0.4 is 0 Å². The van der Waals surface area contributed by atoms with Gasteiger partial charge in [0, 0.05) is 29.6 Å². The molecular weight excluding hydrogens is 308 g/mol. The van der Waals surface area contributed by atoms with Crippen LogP contribution in [0.25, 0.3) is 0 Å². The Labute approximate surface area is 139 Å². The molecule has 1 amide bonds. The molecule has 1 aliphatic heterocycles. The van der Waals surface area contributed by atoms with Gasteiger partial charge in [0.15, 0.2) is 0 Å². The van der Waals surface area contributed by atoms with Gasteiger partial charge in [0.25, 0.3) is 5.91 Å². The van der Waals surface area contributed by atoms with Gasteiger partial charge in [-0.05, 0) is 38.2 Å². The van der Waals surface area contributed by atoms with Crippen molar-refractivity contribution in [3.8, 4) is 0 Å². The molecule has 1 aliphatic carbocycles. The summed E-state index contributed by atoms with van der Waals surface area (Å²) < 4.78 is 0. The lowest BCUT2D eigenvalue weighted by Gasteiger charge is -2.50. The molecule has 1 saturated heterocycles. The number of aromatic nitrogens is 3. The quantitative estimate of drug-likeness (QED) is 0.807. The molecule has 2 aromatic rings. The van der Waals surface area contributed by atoms with Crippen molar-refractivity contribution in [2.24, 2.45) is 0 Å². The molecule has 3 heterocycles. The van der Waals surface area contributed by atoms with Crippen LogP contribution in [0.2, 0.25) is 0 Å². The normalized spacial score (nSPS) is 26.5. The minimum absolute atomic E-state index is 0.0661. The summed E-state index contributed by atoms with van der Waals surface area (Å²) in [6, 6.07) is 0.201. The van der Waals surface area contributed by atoms with Crippen LogP contribution >= 0.6 is 11.3 Å². The van der Waals surface area contributed by atoms with Crippen LogP contribution in [0, 0.1) is 6.92 Å². The number of likely N-dealkylation sites (tertiary alicyclic amines) is 1. The van der Waals surface area contributed by atoms with Crippen molar-refractivity contribution in [2.45, 2.75) is 51.0 Å². The molecule has 1 fully saturated rings. The van der Waals surface area contributed by atoms with Crippen molar-refractivity contribution in [1.29, 1.82) is 0 Å². The Morgan fingerprint density at radius 1 is 1.43 bits per heavy atom. The van der Waals surface area contributed by atoms with E-state index in [0.29, 0.717) is 5.69 Å². The molecule has 2 aromatic heterocycles. The zero-order valence-corrected chi connectivity index (χ0v) is 14.3. The third-order valence-electron chi connectivity index (χ3n) is 5.33. The van der Waals surface area contributed by atoms with Gasteiger partial charge >= 0.3 is 0 Å². The van der Waals surface area contributed by atoms with Gasteiger partial charge in [0.05, 0.1) is 11.2 Å². The number of fused-ring (bicyclic) bond motifs is 3. The number of aryl methyl sites for hydroxylation is 2. The minimum atomic E-state index is -0.0782. The summed E-state index contributed by atoms with van der Waals surface area (Å²) in [5.74, 6) is 0.880. The van der Waals surface area contributed by atoms with Crippen LogP contribution in [0.1, 0.15) is 53.8 Å². The van der Waals surface area contributed by atoms with Crippen molar-refractivity contribution in [3.63, 3.8) is 0 Å². The Morgan fingerprint density at radius 3 is 3.09 bits per heavy atom. The topological polar surface area (TPSA) is 59.0 Å². The van der Waals surface area contributed by atoms with Gasteiger partial charge in [-0.1, -0.05) is 6.92 Å². The molecule has 0 bridgehead atoms. The van der Waals surface area contributed by atoms with Crippen molar-refractivity contribution < 1.29 is 4.79 Å². The maximum atomic E-state index is 12.9. The summed E-state index contributed by atoms with van der Waals surface area (Å²) in [4.78, 5) is 28.2. The third kappa shape index (κ3) is 2.27. The van der Waals surface area contributed by atoms with E-state index in [2.05, 4.69) is 16.9 Å². The van der Waals surface area contributed by atoms with Gasteiger partial charge < -0.3 is 4.90 Å². The second-order valence-corrected chi connectivity index (χ2v) is 7.46. The van der Waals surface area contributed by atoms with E-state index in [1.165, 1.54) is 16.9 Å². The minimum Gasteiger partial charge on any atom is -0.333 e. The molecule has 2 atom stereocenters. The van der Waals surface area contributed by atoms with Crippen molar-refractivity contribution in [1.82, 2.24) is 19.9 Å². The highest BCUT2D eigenvalue weighted by Gasteiger charge is 2.48. The Hall–Kier alpha value is -1.82. The first-order valence-corrected chi connectivity index (χ1v) is 9.06. The lowest BCUT2D eigenvalue weighted by atomic mass is 9.65. The lowest BCUT2D eigenvalue weighted by Crippen LogP contribution is -2.58. The second-order valence-electron chi connectivity index (χ2n) is 6.74. The number of carbonyl (C=O) groups is 1. The summed E-state index contributed by atoms with van der Waals surface area (Å²) in [6.45, 7) is 5.02. The van der Waals surface area contributed by atoms with Crippen LogP contribution in [-0.4, -0.2) is 38.3 Å². The van der Waals surface area contributed by atoms with Gasteiger partial charge in [-0.3, -0.25) is 4.79 Å². The monoisotopic (exact) mass is 328 g/mol. The van der Waals surface area contributed by atoms with E-state index in [0.717, 1.165) is 43.7 Å². The lowest BCUT2D eigenvalue weighted by molar-refractivity contribution is 0.0374. The molecule has 0 radical (unpaired) electrons. The average Bonchev–Trinajstić information content (AvgIpc) is 3.08. The molecule has 0 saturated carbocycles. The number of carbonyl (C=O) groups excluding carboxylic acids is 1. The molecule has 5 nitrogen and oxygen atoms in total. The Kier molecular flexibility index (Phi) is 3.44. The molecule has 4 rings (SSSR count). The number of amides is 1. The fraction of sp³-hybridized carbons (Fsp3) is 0.529. The third-order valence-corrected chi connectivity index (χ3v) is 5.92. The van der Waals surface area contributed by atoms with E-state index in [4.69, 9.17) is 4.98 Å². The predicted molar refractivity (Wildman–Crippen MR) is 88.6 cm³/mol. The van der Waals surface area contributed by atoms with Crippen LogP contribution in [0.3, 0.4) is 0 Å². The average molecular weight is 328 g/mol. The first-order valence-electron chi connectivity index (χ1n) is 8.12. The smallest absolute Gasteiger partial charge is 0.273 e. The molecule has 23 heavy (non-hydrogen) atoms. The zero-order valence-electron chi connectivity index (χ0n) is 13.5. The fourth-order valence-corrected chi connectivity index (χ4v) is 4.73. The Bertz CT molecular complexity index is 745. The van der Waals surface area contributed by atoms with Crippen LogP contribution in [-0.2, 0) is 11.8 Å². The van der Waals surface area contributed by atoms with E-state index in [-0.39, 0.29) is 17.4 Å². The van der Waals surface area contributed by atoms with Crippen molar-refractivity contribution >= 4 is 17.2 Å². The standard InChI is InChI=1S/C17H20N4OS/c1-11-18-8-12-4-5-14-17(2,15(12)20-11)6-3-7-21(14)16(22)13-9-23-10-19-13/h8-10,14H,3-7H2,1-2H3/t14-,17+/m0/s1. The van der Waals surface area contributed by atoms with E-state index in [9.17, 15) is 4.79 Å². The maximum Gasteiger partial charge on any atom is 0.273 e. The molecular formula is C17H20N4OS. The number of nitrogens with zero attached hydrogens (tertiary/aromatic N) is 4. The summed E-state index contributed by atoms with van der Waals surface area (Å²) in [6.07, 6.45) is 5.97. The largest absolute Gasteiger partial charge is 0.333 e. The van der Waals surface area contributed by atoms with E-state index < -0.39 is 0 Å². The molecule has 2 aliphatic rings. The van der Waals surface area contributed by atoms with Crippen molar-refractivity contribution in [2.75, 3.05) is 6.54 Å². The highest BCUT2D eigenvalue weighted by Crippen LogP contribution is 2.45. The SMILES string of the molecule is Cc1ncc2c(n1)[C@]1(C)CCCN(C(=O)c3cscn3)[C@H]1CC2. The highest BCUT2D eigenvalue weighted by atomic mass is 32.1. The van der Waals surface area contributed by atoms with Gasteiger partial charge in [0.1, 0.15) is 11.5 Å². The number of hydrogen-bond acceptors (Lipinski definition) is 5. The van der Waals surface area contributed by atoms with E-state index >= 15 is 0 Å². The van der Waals surface area contributed by atoms with E-state index in [1.54, 1.807) is 5.51 Å². The van der Waals surface area contributed by atoms with Gasteiger partial charge in [-0.25, -0.2) is 15.0 Å². The molecule has 0 spiro atoms. The van der Waals surface area contributed by atoms with Crippen LogP contribution in [0.15, 0.2) is 17.1 Å². The van der Waals surface area contributed by atoms with Crippen molar-refractivity contribution in [3.05, 3.63) is 39.9 Å². The molecule has 0 aromatic carbocycles. The number of rotatable bonds is 1. The Balaban J connectivity index is 1.74. The first kappa shape index (κ1) is 14.8. The fourth-order valence-electron chi connectivity index (χ4n) is 4.21. The van der Waals surface area contributed by atoms with Gasteiger partial charge in [-0.15, -0.1) is 11.3 Å². The maximum absolute atomic E-state index is 12.9. The van der Waals surface area contributed by atoms with Gasteiger partial charge in [-0.2, -0.15) is 0 Å². The highest BCUT2D eigenvalue weighted by molar-refractivity contribution is 7.07. The number of piperidine rings is 1. The molecule has 0 unspecified atom stereocenters. The Morgan fingerprint density at radius 2 is 2.30 bits per heavy atom. The molecule has 6 heteroatoms. The zero-order chi connectivity index (χ0) is 16.0.